The van der Waals surface area contributed by atoms with Crippen molar-refractivity contribution >= 4 is 11.9 Å². The first-order chi connectivity index (χ1) is 11.1. The number of carboxylic acid groups (broad SMARTS) is 1. The summed E-state index contributed by atoms with van der Waals surface area (Å²) in [5, 5.41) is 8.98. The van der Waals surface area contributed by atoms with Gasteiger partial charge in [-0.1, -0.05) is 24.3 Å². The number of rotatable bonds is 4. The third kappa shape index (κ3) is 3.23. The third-order valence-corrected chi connectivity index (χ3v) is 3.57. The molecule has 5 heteroatoms. The summed E-state index contributed by atoms with van der Waals surface area (Å²) in [6.07, 6.45) is 11.2. The van der Waals surface area contributed by atoms with Gasteiger partial charge in [0.1, 0.15) is 6.61 Å². The van der Waals surface area contributed by atoms with Gasteiger partial charge >= 0.3 is 11.9 Å². The van der Waals surface area contributed by atoms with Crippen LogP contribution in [-0.2, 0) is 16.1 Å². The second-order valence-corrected chi connectivity index (χ2v) is 5.14. The number of ether oxygens (including phenoxy) is 1. The maximum Gasteiger partial charge on any atom is 0.340 e. The minimum absolute atomic E-state index is 0.0319. The van der Waals surface area contributed by atoms with Crippen LogP contribution >= 0.6 is 0 Å². The molecule has 1 aromatic carbocycles. The highest BCUT2D eigenvalue weighted by Gasteiger charge is 2.20. The Kier molecular flexibility index (Phi) is 4.10. The molecule has 1 aromatic rings. The van der Waals surface area contributed by atoms with Crippen molar-refractivity contribution in [2.24, 2.45) is 0 Å². The summed E-state index contributed by atoms with van der Waals surface area (Å²) in [5.41, 5.74) is 2.11. The highest BCUT2D eigenvalue weighted by Crippen LogP contribution is 2.23. The Balaban J connectivity index is 1.72. The van der Waals surface area contributed by atoms with Crippen molar-refractivity contribution < 1.29 is 19.4 Å². The summed E-state index contributed by atoms with van der Waals surface area (Å²) in [6.45, 7) is 0.748. The predicted molar refractivity (Wildman–Crippen MR) is 84.3 cm³/mol. The number of carbonyl (C=O) groups is 2. The normalized spacial score (nSPS) is 15.6. The summed E-state index contributed by atoms with van der Waals surface area (Å²) in [7, 11) is 0. The topological polar surface area (TPSA) is 66.8 Å². The smallest absolute Gasteiger partial charge is 0.340 e. The van der Waals surface area contributed by atoms with Crippen LogP contribution in [-0.4, -0.2) is 28.5 Å². The van der Waals surface area contributed by atoms with Gasteiger partial charge in [-0.05, 0) is 35.9 Å². The second-order valence-electron chi connectivity index (χ2n) is 5.14. The summed E-state index contributed by atoms with van der Waals surface area (Å²) < 4.78 is 5.33. The van der Waals surface area contributed by atoms with Gasteiger partial charge in [0.25, 0.3) is 0 Å². The van der Waals surface area contributed by atoms with Crippen molar-refractivity contribution in [3.8, 4) is 0 Å². The molecule has 2 heterocycles. The van der Waals surface area contributed by atoms with Crippen molar-refractivity contribution in [2.75, 3.05) is 6.54 Å². The van der Waals surface area contributed by atoms with Crippen LogP contribution in [0.25, 0.3) is 0 Å². The minimum Gasteiger partial charge on any atom is -0.478 e. The number of esters is 1. The van der Waals surface area contributed by atoms with Crippen LogP contribution in [0.5, 0.6) is 0 Å². The third-order valence-electron chi connectivity index (χ3n) is 3.57. The quantitative estimate of drug-likeness (QED) is 0.866. The van der Waals surface area contributed by atoms with Gasteiger partial charge in [-0.15, -0.1) is 0 Å². The van der Waals surface area contributed by atoms with Crippen molar-refractivity contribution in [1.82, 2.24) is 4.90 Å². The monoisotopic (exact) mass is 309 g/mol. The van der Waals surface area contributed by atoms with E-state index in [2.05, 4.69) is 0 Å². The summed E-state index contributed by atoms with van der Waals surface area (Å²) in [6, 6.07) is 6.36. The number of hydrogen-bond acceptors (Lipinski definition) is 4. The van der Waals surface area contributed by atoms with E-state index in [1.807, 2.05) is 35.4 Å². The maximum absolute atomic E-state index is 12.3. The average molecular weight is 309 g/mol. The fourth-order valence-electron chi connectivity index (χ4n) is 2.44. The summed E-state index contributed by atoms with van der Waals surface area (Å²) >= 11 is 0. The highest BCUT2D eigenvalue weighted by molar-refractivity contribution is 5.93. The number of nitrogens with zero attached hydrogens (tertiary/aromatic N) is 1. The standard InChI is InChI=1S/C18H15NO4/c20-17(21)14-6-3-5-13(11-14)12-23-18(22)15-7-4-10-19-9-2-1-8-16(15)19/h1-9,11H,10,12H2,(H,20,21). The molecule has 0 bridgehead atoms. The lowest BCUT2D eigenvalue weighted by Crippen LogP contribution is -2.24. The minimum atomic E-state index is -1.01. The van der Waals surface area contributed by atoms with Crippen molar-refractivity contribution in [3.05, 3.63) is 83.2 Å². The van der Waals surface area contributed by atoms with Gasteiger partial charge in [0.2, 0.25) is 0 Å². The van der Waals surface area contributed by atoms with Crippen molar-refractivity contribution in [1.29, 1.82) is 0 Å². The Morgan fingerprint density at radius 3 is 2.91 bits per heavy atom. The van der Waals surface area contributed by atoms with Gasteiger partial charge in [-0.3, -0.25) is 0 Å². The lowest BCUT2D eigenvalue weighted by molar-refractivity contribution is -0.140. The summed E-state index contributed by atoms with van der Waals surface area (Å²) in [4.78, 5) is 25.2. The lowest BCUT2D eigenvalue weighted by Gasteiger charge is -2.26. The highest BCUT2D eigenvalue weighted by atomic mass is 16.5. The van der Waals surface area contributed by atoms with Gasteiger partial charge in [-0.25, -0.2) is 9.59 Å². The molecule has 3 rings (SSSR count). The molecular formula is C18H15NO4. The first-order valence-corrected chi connectivity index (χ1v) is 7.17. The average Bonchev–Trinajstić information content (AvgIpc) is 2.59. The van der Waals surface area contributed by atoms with Gasteiger partial charge in [-0.2, -0.15) is 0 Å². The molecule has 2 aliphatic rings. The van der Waals surface area contributed by atoms with E-state index in [9.17, 15) is 9.59 Å². The predicted octanol–water partition coefficient (Wildman–Crippen LogP) is 2.64. The number of hydrogen-bond donors (Lipinski definition) is 1. The molecule has 116 valence electrons. The Bertz CT molecular complexity index is 771. The molecular weight excluding hydrogens is 294 g/mol. The number of aromatic carboxylic acids is 1. The number of allylic oxidation sites excluding steroid dienone is 3. The van der Waals surface area contributed by atoms with E-state index in [1.165, 1.54) is 12.1 Å². The largest absolute Gasteiger partial charge is 0.478 e. The number of carboxylic acids is 1. The van der Waals surface area contributed by atoms with Crippen molar-refractivity contribution in [3.63, 3.8) is 0 Å². The van der Waals surface area contributed by atoms with Crippen LogP contribution in [0, 0.1) is 0 Å². The van der Waals surface area contributed by atoms with E-state index in [0.29, 0.717) is 17.7 Å². The Morgan fingerprint density at radius 2 is 2.09 bits per heavy atom. The molecule has 0 radical (unpaired) electrons. The zero-order chi connectivity index (χ0) is 16.2. The Hall–Kier alpha value is -3.08. The number of benzene rings is 1. The van der Waals surface area contributed by atoms with E-state index < -0.39 is 11.9 Å². The Morgan fingerprint density at radius 1 is 1.22 bits per heavy atom. The molecule has 0 atom stereocenters. The van der Waals surface area contributed by atoms with E-state index in [4.69, 9.17) is 9.84 Å². The van der Waals surface area contributed by atoms with Crippen LogP contribution in [0.3, 0.4) is 0 Å². The van der Waals surface area contributed by atoms with Crippen LogP contribution in [0.4, 0.5) is 0 Å². The summed E-state index contributed by atoms with van der Waals surface area (Å²) in [5.74, 6) is -1.44. The number of fused-ring (bicyclic) bond motifs is 1. The van der Waals surface area contributed by atoms with Crippen LogP contribution in [0.1, 0.15) is 15.9 Å². The molecule has 0 saturated heterocycles. The molecule has 23 heavy (non-hydrogen) atoms. The van der Waals surface area contributed by atoms with Crippen LogP contribution < -0.4 is 0 Å². The van der Waals surface area contributed by atoms with Crippen LogP contribution in [0.15, 0.2) is 72.1 Å². The maximum atomic E-state index is 12.3. The second kappa shape index (κ2) is 6.36. The molecule has 0 spiro atoms. The Labute approximate surface area is 133 Å². The molecule has 0 saturated carbocycles. The first-order valence-electron chi connectivity index (χ1n) is 7.17. The van der Waals surface area contributed by atoms with Crippen molar-refractivity contribution in [2.45, 2.75) is 6.61 Å². The van der Waals surface area contributed by atoms with Gasteiger partial charge < -0.3 is 14.7 Å². The fraction of sp³-hybridized carbons (Fsp3) is 0.111. The molecule has 1 N–H and O–H groups in total. The van der Waals surface area contributed by atoms with E-state index >= 15 is 0 Å². The zero-order valence-electron chi connectivity index (χ0n) is 12.3. The molecule has 2 aliphatic heterocycles. The molecule has 0 unspecified atom stereocenters. The van der Waals surface area contributed by atoms with Gasteiger partial charge in [0, 0.05) is 12.7 Å². The zero-order valence-corrected chi connectivity index (χ0v) is 12.3. The molecule has 0 aliphatic carbocycles. The molecule has 5 nitrogen and oxygen atoms in total. The van der Waals surface area contributed by atoms with Crippen LogP contribution in [0.2, 0.25) is 0 Å². The molecule has 0 fully saturated rings. The lowest BCUT2D eigenvalue weighted by atomic mass is 10.1. The SMILES string of the molecule is O=C(OCc1cccc(C(=O)O)c1)C1=C2C=CC=CN2CC=C1. The van der Waals surface area contributed by atoms with E-state index in [0.717, 1.165) is 5.70 Å². The fourth-order valence-corrected chi connectivity index (χ4v) is 2.44. The first kappa shape index (κ1) is 14.8. The number of carbonyl (C=O) groups excluding carboxylic acids is 1. The molecule has 0 aromatic heterocycles. The van der Waals surface area contributed by atoms with E-state index in [1.54, 1.807) is 18.2 Å². The van der Waals surface area contributed by atoms with E-state index in [-0.39, 0.29) is 12.2 Å². The van der Waals surface area contributed by atoms with Gasteiger partial charge in [0.15, 0.2) is 0 Å². The van der Waals surface area contributed by atoms with Gasteiger partial charge in [0.05, 0.1) is 16.8 Å². The molecule has 0 amide bonds.